The SMILES string of the molecule is O=Cc1cccc(Cl)c1OCCOc1ccccc1. The number of hydrogen-bond donors (Lipinski definition) is 0. The predicted molar refractivity (Wildman–Crippen MR) is 74.3 cm³/mol. The molecule has 0 aliphatic heterocycles. The Balaban J connectivity index is 1.88. The minimum atomic E-state index is 0.319. The number of carbonyl (C=O) groups is 1. The summed E-state index contributed by atoms with van der Waals surface area (Å²) in [5.74, 6) is 1.18. The molecule has 0 fully saturated rings. The second-order valence-electron chi connectivity index (χ2n) is 3.79. The van der Waals surface area contributed by atoms with Gasteiger partial charge in [0.25, 0.3) is 0 Å². The maximum absolute atomic E-state index is 10.9. The van der Waals surface area contributed by atoms with E-state index in [1.54, 1.807) is 18.2 Å². The van der Waals surface area contributed by atoms with Crippen LogP contribution in [0.2, 0.25) is 5.02 Å². The summed E-state index contributed by atoms with van der Waals surface area (Å²) in [6.45, 7) is 0.701. The number of rotatable bonds is 6. The van der Waals surface area contributed by atoms with E-state index in [1.165, 1.54) is 0 Å². The van der Waals surface area contributed by atoms with Gasteiger partial charge in [-0.2, -0.15) is 0 Å². The summed E-state index contributed by atoms with van der Waals surface area (Å²) in [7, 11) is 0. The lowest BCUT2D eigenvalue weighted by atomic mass is 10.2. The highest BCUT2D eigenvalue weighted by Crippen LogP contribution is 2.27. The summed E-state index contributed by atoms with van der Waals surface area (Å²) < 4.78 is 11.0. The van der Waals surface area contributed by atoms with Crippen molar-refractivity contribution in [3.63, 3.8) is 0 Å². The number of carbonyl (C=O) groups excluding carboxylic acids is 1. The van der Waals surface area contributed by atoms with Gasteiger partial charge >= 0.3 is 0 Å². The van der Waals surface area contributed by atoms with Crippen LogP contribution < -0.4 is 9.47 Å². The molecule has 2 rings (SSSR count). The van der Waals surface area contributed by atoms with E-state index >= 15 is 0 Å². The number of benzene rings is 2. The summed E-state index contributed by atoms with van der Waals surface area (Å²) in [5, 5.41) is 0.421. The summed E-state index contributed by atoms with van der Waals surface area (Å²) in [6.07, 6.45) is 0.721. The van der Waals surface area contributed by atoms with Gasteiger partial charge in [0.2, 0.25) is 0 Å². The monoisotopic (exact) mass is 276 g/mol. The fourth-order valence-corrected chi connectivity index (χ4v) is 1.83. The van der Waals surface area contributed by atoms with E-state index in [2.05, 4.69) is 0 Å². The minimum absolute atomic E-state index is 0.319. The van der Waals surface area contributed by atoms with Gasteiger partial charge in [-0.15, -0.1) is 0 Å². The molecule has 0 heterocycles. The predicted octanol–water partition coefficient (Wildman–Crippen LogP) is 3.61. The molecule has 19 heavy (non-hydrogen) atoms. The lowest BCUT2D eigenvalue weighted by Crippen LogP contribution is -2.10. The van der Waals surface area contributed by atoms with E-state index in [-0.39, 0.29) is 0 Å². The Hall–Kier alpha value is -2.00. The van der Waals surface area contributed by atoms with Crippen LogP contribution in [0.1, 0.15) is 10.4 Å². The summed E-state index contributed by atoms with van der Waals surface area (Å²) in [4.78, 5) is 10.9. The fourth-order valence-electron chi connectivity index (χ4n) is 1.59. The third kappa shape index (κ3) is 3.73. The molecule has 0 aliphatic rings. The maximum Gasteiger partial charge on any atom is 0.153 e. The van der Waals surface area contributed by atoms with Crippen LogP contribution in [0, 0.1) is 0 Å². The lowest BCUT2D eigenvalue weighted by molar-refractivity contribution is 0.111. The van der Waals surface area contributed by atoms with Gasteiger partial charge in [0.1, 0.15) is 24.7 Å². The van der Waals surface area contributed by atoms with Gasteiger partial charge in [-0.25, -0.2) is 0 Å². The van der Waals surface area contributed by atoms with Crippen LogP contribution in [0.15, 0.2) is 48.5 Å². The van der Waals surface area contributed by atoms with Gasteiger partial charge in [0.05, 0.1) is 10.6 Å². The molecule has 0 unspecified atom stereocenters. The highest BCUT2D eigenvalue weighted by Gasteiger charge is 2.07. The quantitative estimate of drug-likeness (QED) is 0.597. The minimum Gasteiger partial charge on any atom is -0.490 e. The molecule has 0 bridgehead atoms. The van der Waals surface area contributed by atoms with Gasteiger partial charge < -0.3 is 9.47 Å². The number of para-hydroxylation sites is 2. The first kappa shape index (κ1) is 13.4. The lowest BCUT2D eigenvalue weighted by Gasteiger charge is -2.11. The van der Waals surface area contributed by atoms with Crippen molar-refractivity contribution in [1.29, 1.82) is 0 Å². The zero-order valence-electron chi connectivity index (χ0n) is 10.2. The smallest absolute Gasteiger partial charge is 0.153 e. The Kier molecular flexibility index (Phi) is 4.81. The number of hydrogen-bond acceptors (Lipinski definition) is 3. The van der Waals surface area contributed by atoms with Crippen LogP contribution in [-0.4, -0.2) is 19.5 Å². The third-order valence-corrected chi connectivity index (χ3v) is 2.76. The largest absolute Gasteiger partial charge is 0.490 e. The average Bonchev–Trinajstić information content (AvgIpc) is 2.46. The van der Waals surface area contributed by atoms with E-state index in [0.29, 0.717) is 29.5 Å². The molecule has 3 nitrogen and oxygen atoms in total. The normalized spacial score (nSPS) is 9.95. The first-order chi connectivity index (χ1) is 9.31. The van der Waals surface area contributed by atoms with E-state index in [1.807, 2.05) is 30.3 Å². The Morgan fingerprint density at radius 3 is 2.42 bits per heavy atom. The highest BCUT2D eigenvalue weighted by atomic mass is 35.5. The maximum atomic E-state index is 10.9. The molecule has 2 aromatic carbocycles. The van der Waals surface area contributed by atoms with Crippen LogP contribution in [0.25, 0.3) is 0 Å². The number of halogens is 1. The van der Waals surface area contributed by atoms with Crippen LogP contribution in [-0.2, 0) is 0 Å². The van der Waals surface area contributed by atoms with Crippen LogP contribution in [0.5, 0.6) is 11.5 Å². The summed E-state index contributed by atoms with van der Waals surface area (Å²) >= 11 is 5.98. The second kappa shape index (κ2) is 6.81. The van der Waals surface area contributed by atoms with Crippen molar-refractivity contribution in [2.24, 2.45) is 0 Å². The van der Waals surface area contributed by atoms with Crippen molar-refractivity contribution in [3.8, 4) is 11.5 Å². The highest BCUT2D eigenvalue weighted by molar-refractivity contribution is 6.32. The van der Waals surface area contributed by atoms with Crippen molar-refractivity contribution >= 4 is 17.9 Å². The Labute approximate surface area is 116 Å². The van der Waals surface area contributed by atoms with Crippen molar-refractivity contribution in [1.82, 2.24) is 0 Å². The van der Waals surface area contributed by atoms with E-state index in [9.17, 15) is 4.79 Å². The van der Waals surface area contributed by atoms with E-state index < -0.39 is 0 Å². The number of ether oxygens (including phenoxy) is 2. The van der Waals surface area contributed by atoms with Crippen LogP contribution in [0.3, 0.4) is 0 Å². The van der Waals surface area contributed by atoms with Gasteiger partial charge in [0.15, 0.2) is 6.29 Å². The van der Waals surface area contributed by atoms with Gasteiger partial charge in [-0.1, -0.05) is 35.9 Å². The molecule has 0 atom stereocenters. The topological polar surface area (TPSA) is 35.5 Å². The standard InChI is InChI=1S/C15H13ClO3/c16-14-8-4-5-12(11-17)15(14)19-10-9-18-13-6-2-1-3-7-13/h1-8,11H,9-10H2. The summed E-state index contributed by atoms with van der Waals surface area (Å²) in [6, 6.07) is 14.5. The molecule has 0 saturated heterocycles. The first-order valence-corrected chi connectivity index (χ1v) is 6.23. The molecule has 0 aromatic heterocycles. The van der Waals surface area contributed by atoms with Crippen LogP contribution >= 0.6 is 11.6 Å². The molecular weight excluding hydrogens is 264 g/mol. The third-order valence-electron chi connectivity index (χ3n) is 2.47. The van der Waals surface area contributed by atoms with Gasteiger partial charge in [-0.05, 0) is 24.3 Å². The average molecular weight is 277 g/mol. The first-order valence-electron chi connectivity index (χ1n) is 5.85. The molecule has 0 N–H and O–H groups in total. The van der Waals surface area contributed by atoms with E-state index in [0.717, 1.165) is 12.0 Å². The van der Waals surface area contributed by atoms with Gasteiger partial charge in [-0.3, -0.25) is 4.79 Å². The van der Waals surface area contributed by atoms with Crippen molar-refractivity contribution in [2.75, 3.05) is 13.2 Å². The molecule has 0 saturated carbocycles. The molecule has 0 amide bonds. The molecule has 0 radical (unpaired) electrons. The van der Waals surface area contributed by atoms with Crippen LogP contribution in [0.4, 0.5) is 0 Å². The summed E-state index contributed by atoms with van der Waals surface area (Å²) in [5.41, 5.74) is 0.437. The Morgan fingerprint density at radius 1 is 0.947 bits per heavy atom. The molecular formula is C15H13ClO3. The Morgan fingerprint density at radius 2 is 1.68 bits per heavy atom. The molecule has 2 aromatic rings. The van der Waals surface area contributed by atoms with Crippen molar-refractivity contribution < 1.29 is 14.3 Å². The number of aldehydes is 1. The second-order valence-corrected chi connectivity index (χ2v) is 4.19. The molecule has 4 heteroatoms. The van der Waals surface area contributed by atoms with Crippen molar-refractivity contribution in [3.05, 3.63) is 59.1 Å². The molecule has 98 valence electrons. The van der Waals surface area contributed by atoms with Crippen molar-refractivity contribution in [2.45, 2.75) is 0 Å². The van der Waals surface area contributed by atoms with E-state index in [4.69, 9.17) is 21.1 Å². The molecule has 0 spiro atoms. The Bertz CT molecular complexity index is 540. The zero-order valence-corrected chi connectivity index (χ0v) is 11.0. The zero-order chi connectivity index (χ0) is 13.5. The molecule has 0 aliphatic carbocycles. The van der Waals surface area contributed by atoms with Gasteiger partial charge in [0, 0.05) is 0 Å². The fraction of sp³-hybridized carbons (Fsp3) is 0.133.